The SMILES string of the molecule is CCn1c(CN2CCC(C(=O)N3CCN(c4cc(C)ccc4C)CC3)CC2)nc2ccccc21. The Kier molecular flexibility index (Phi) is 6.59. The molecule has 1 amide bonds. The summed E-state index contributed by atoms with van der Waals surface area (Å²) in [7, 11) is 0. The number of piperazine rings is 1. The highest BCUT2D eigenvalue weighted by molar-refractivity contribution is 5.79. The molecule has 2 saturated heterocycles. The van der Waals surface area contributed by atoms with Gasteiger partial charge in [-0.3, -0.25) is 9.69 Å². The molecule has 0 aliphatic carbocycles. The highest BCUT2D eigenvalue weighted by Crippen LogP contribution is 2.26. The Hall–Kier alpha value is -2.86. The third-order valence-corrected chi connectivity index (χ3v) is 7.65. The van der Waals surface area contributed by atoms with Crippen LogP contribution in [0.15, 0.2) is 42.5 Å². The number of anilines is 1. The number of likely N-dealkylation sites (tertiary alicyclic amines) is 1. The van der Waals surface area contributed by atoms with E-state index in [1.54, 1.807) is 0 Å². The first-order valence-corrected chi connectivity index (χ1v) is 12.8. The van der Waals surface area contributed by atoms with E-state index < -0.39 is 0 Å². The summed E-state index contributed by atoms with van der Waals surface area (Å²) in [5.41, 5.74) is 6.21. The van der Waals surface area contributed by atoms with Crippen LogP contribution in [0.3, 0.4) is 0 Å². The molecule has 3 heterocycles. The molecule has 180 valence electrons. The summed E-state index contributed by atoms with van der Waals surface area (Å²) in [5, 5.41) is 0. The number of para-hydroxylation sites is 2. The van der Waals surface area contributed by atoms with Gasteiger partial charge in [0.2, 0.25) is 5.91 Å². The Morgan fingerprint density at radius 3 is 2.44 bits per heavy atom. The summed E-state index contributed by atoms with van der Waals surface area (Å²) < 4.78 is 2.32. The van der Waals surface area contributed by atoms with Gasteiger partial charge in [-0.15, -0.1) is 0 Å². The number of aromatic nitrogens is 2. The molecule has 1 aromatic heterocycles. The van der Waals surface area contributed by atoms with Gasteiger partial charge < -0.3 is 14.4 Å². The lowest BCUT2D eigenvalue weighted by Gasteiger charge is -2.39. The molecular weight excluding hydrogens is 422 g/mol. The Morgan fingerprint density at radius 1 is 0.971 bits per heavy atom. The highest BCUT2D eigenvalue weighted by Gasteiger charge is 2.31. The molecule has 2 aromatic carbocycles. The Morgan fingerprint density at radius 2 is 1.71 bits per heavy atom. The van der Waals surface area contributed by atoms with Gasteiger partial charge in [-0.25, -0.2) is 4.98 Å². The van der Waals surface area contributed by atoms with E-state index in [-0.39, 0.29) is 5.92 Å². The number of hydrogen-bond acceptors (Lipinski definition) is 4. The Bertz CT molecular complexity index is 1150. The van der Waals surface area contributed by atoms with Crippen molar-refractivity contribution in [1.29, 1.82) is 0 Å². The molecule has 0 spiro atoms. The minimum absolute atomic E-state index is 0.161. The number of imidazole rings is 1. The Balaban J connectivity index is 1.14. The molecule has 2 aliphatic rings. The lowest BCUT2D eigenvalue weighted by Crippen LogP contribution is -2.51. The molecule has 0 saturated carbocycles. The molecule has 34 heavy (non-hydrogen) atoms. The van der Waals surface area contributed by atoms with Crippen LogP contribution in [0.4, 0.5) is 5.69 Å². The van der Waals surface area contributed by atoms with Gasteiger partial charge in [0.15, 0.2) is 0 Å². The van der Waals surface area contributed by atoms with Crippen molar-refractivity contribution in [3.05, 3.63) is 59.4 Å². The van der Waals surface area contributed by atoms with Gasteiger partial charge in [0.05, 0.1) is 17.6 Å². The third kappa shape index (κ3) is 4.56. The molecule has 2 fully saturated rings. The van der Waals surface area contributed by atoms with Crippen LogP contribution in [0.5, 0.6) is 0 Å². The third-order valence-electron chi connectivity index (χ3n) is 7.65. The van der Waals surface area contributed by atoms with Crippen molar-refractivity contribution in [2.24, 2.45) is 5.92 Å². The average molecular weight is 460 g/mol. The lowest BCUT2D eigenvalue weighted by atomic mass is 9.95. The Labute approximate surface area is 203 Å². The van der Waals surface area contributed by atoms with E-state index in [1.165, 1.54) is 22.3 Å². The van der Waals surface area contributed by atoms with Gasteiger partial charge in [-0.2, -0.15) is 0 Å². The predicted octanol–water partition coefficient (Wildman–Crippen LogP) is 4.23. The van der Waals surface area contributed by atoms with Gasteiger partial charge in [0.25, 0.3) is 0 Å². The van der Waals surface area contributed by atoms with Crippen molar-refractivity contribution >= 4 is 22.6 Å². The normalized spacial score (nSPS) is 18.1. The van der Waals surface area contributed by atoms with Gasteiger partial charge >= 0.3 is 0 Å². The largest absolute Gasteiger partial charge is 0.368 e. The predicted molar refractivity (Wildman–Crippen MR) is 138 cm³/mol. The first-order valence-electron chi connectivity index (χ1n) is 12.8. The zero-order valence-electron chi connectivity index (χ0n) is 20.8. The number of hydrogen-bond donors (Lipinski definition) is 0. The molecule has 3 aromatic rings. The average Bonchev–Trinajstić information content (AvgIpc) is 3.22. The summed E-state index contributed by atoms with van der Waals surface area (Å²) >= 11 is 0. The van der Waals surface area contributed by atoms with Crippen LogP contribution in [0, 0.1) is 19.8 Å². The number of nitrogens with zero attached hydrogens (tertiary/aromatic N) is 5. The number of carbonyl (C=O) groups is 1. The molecule has 0 unspecified atom stereocenters. The number of benzene rings is 2. The maximum absolute atomic E-state index is 13.3. The van der Waals surface area contributed by atoms with Gasteiger partial charge in [-0.1, -0.05) is 24.3 Å². The molecule has 0 radical (unpaired) electrons. The van der Waals surface area contributed by atoms with Crippen molar-refractivity contribution in [2.75, 3.05) is 44.2 Å². The summed E-state index contributed by atoms with van der Waals surface area (Å²) in [5.74, 6) is 1.66. The van der Waals surface area contributed by atoms with Crippen LogP contribution in [0.2, 0.25) is 0 Å². The smallest absolute Gasteiger partial charge is 0.225 e. The van der Waals surface area contributed by atoms with Crippen molar-refractivity contribution in [3.63, 3.8) is 0 Å². The number of aryl methyl sites for hydroxylation is 3. The number of piperidine rings is 1. The first-order chi connectivity index (χ1) is 16.5. The quantitative estimate of drug-likeness (QED) is 0.573. The van der Waals surface area contributed by atoms with E-state index in [1.807, 2.05) is 0 Å². The van der Waals surface area contributed by atoms with E-state index in [2.05, 4.69) is 82.5 Å². The second-order valence-corrected chi connectivity index (χ2v) is 9.91. The van der Waals surface area contributed by atoms with Crippen molar-refractivity contribution < 1.29 is 4.79 Å². The fourth-order valence-electron chi connectivity index (χ4n) is 5.62. The minimum Gasteiger partial charge on any atom is -0.368 e. The summed E-state index contributed by atoms with van der Waals surface area (Å²) in [6.07, 6.45) is 1.89. The van der Waals surface area contributed by atoms with Gasteiger partial charge in [0, 0.05) is 44.3 Å². The zero-order chi connectivity index (χ0) is 23.7. The van der Waals surface area contributed by atoms with Crippen LogP contribution in [0.25, 0.3) is 11.0 Å². The monoisotopic (exact) mass is 459 g/mol. The standard InChI is InChI=1S/C28H37N5O/c1-4-33-25-8-6-5-7-24(25)29-27(33)20-30-13-11-23(12-14-30)28(34)32-17-15-31(16-18-32)26-19-21(2)9-10-22(26)3/h5-10,19,23H,4,11-18,20H2,1-3H3. The minimum atomic E-state index is 0.161. The van der Waals surface area contributed by atoms with Crippen LogP contribution < -0.4 is 4.90 Å². The molecule has 6 heteroatoms. The molecule has 5 rings (SSSR count). The molecule has 2 aliphatic heterocycles. The lowest BCUT2D eigenvalue weighted by molar-refractivity contribution is -0.137. The highest BCUT2D eigenvalue weighted by atomic mass is 16.2. The molecular formula is C28H37N5O. The topological polar surface area (TPSA) is 44.6 Å². The van der Waals surface area contributed by atoms with Crippen LogP contribution >= 0.6 is 0 Å². The van der Waals surface area contributed by atoms with Gasteiger partial charge in [-0.05, 0) is 76.0 Å². The number of rotatable bonds is 5. The van der Waals surface area contributed by atoms with Crippen molar-refractivity contribution in [3.8, 4) is 0 Å². The van der Waals surface area contributed by atoms with Crippen molar-refractivity contribution in [1.82, 2.24) is 19.4 Å². The van der Waals surface area contributed by atoms with Crippen LogP contribution in [-0.4, -0.2) is 64.5 Å². The first kappa shape index (κ1) is 22.9. The fourth-order valence-corrected chi connectivity index (χ4v) is 5.62. The van der Waals surface area contributed by atoms with Crippen LogP contribution in [0.1, 0.15) is 36.7 Å². The molecule has 0 bridgehead atoms. The van der Waals surface area contributed by atoms with Crippen LogP contribution in [-0.2, 0) is 17.9 Å². The van der Waals surface area contributed by atoms with E-state index in [0.29, 0.717) is 5.91 Å². The summed E-state index contributed by atoms with van der Waals surface area (Å²) in [4.78, 5) is 25.2. The van der Waals surface area contributed by atoms with Gasteiger partial charge in [0.1, 0.15) is 5.82 Å². The number of amides is 1. The zero-order valence-corrected chi connectivity index (χ0v) is 20.8. The number of fused-ring (bicyclic) bond motifs is 1. The summed E-state index contributed by atoms with van der Waals surface area (Å²) in [6, 6.07) is 15.0. The second-order valence-electron chi connectivity index (χ2n) is 9.91. The molecule has 0 atom stereocenters. The number of carbonyl (C=O) groups excluding carboxylic acids is 1. The van der Waals surface area contributed by atoms with E-state index >= 15 is 0 Å². The summed E-state index contributed by atoms with van der Waals surface area (Å²) in [6.45, 7) is 13.7. The van der Waals surface area contributed by atoms with Crippen molar-refractivity contribution in [2.45, 2.75) is 46.7 Å². The van der Waals surface area contributed by atoms with E-state index in [0.717, 1.165) is 76.5 Å². The second kappa shape index (κ2) is 9.79. The van der Waals surface area contributed by atoms with E-state index in [9.17, 15) is 4.79 Å². The maximum atomic E-state index is 13.3. The fraction of sp³-hybridized carbons (Fsp3) is 0.500. The van der Waals surface area contributed by atoms with E-state index in [4.69, 9.17) is 4.98 Å². The molecule has 0 N–H and O–H groups in total. The molecule has 6 nitrogen and oxygen atoms in total. The maximum Gasteiger partial charge on any atom is 0.225 e.